The van der Waals surface area contributed by atoms with E-state index >= 15 is 0 Å². The highest BCUT2D eigenvalue weighted by atomic mass is 32.2. The molecule has 2 aliphatic heterocycles. The van der Waals surface area contributed by atoms with Gasteiger partial charge in [0.05, 0.1) is 13.2 Å². The number of carbonyl (C=O) groups is 4. The van der Waals surface area contributed by atoms with Crippen molar-refractivity contribution in [1.29, 1.82) is 0 Å². The molecule has 32 heavy (non-hydrogen) atoms. The monoisotopic (exact) mass is 464 g/mol. The van der Waals surface area contributed by atoms with E-state index in [1.165, 1.54) is 18.7 Å². The van der Waals surface area contributed by atoms with Crippen LogP contribution in [0.2, 0.25) is 0 Å². The summed E-state index contributed by atoms with van der Waals surface area (Å²) in [4.78, 5) is 49.5. The van der Waals surface area contributed by atoms with Gasteiger partial charge in [-0.2, -0.15) is 0 Å². The topological polar surface area (TPSA) is 131 Å². The lowest BCUT2D eigenvalue weighted by atomic mass is 10.0. The predicted molar refractivity (Wildman–Crippen MR) is 114 cm³/mol. The van der Waals surface area contributed by atoms with Gasteiger partial charge in [0.15, 0.2) is 11.5 Å². The van der Waals surface area contributed by atoms with Crippen molar-refractivity contribution in [3.05, 3.63) is 35.0 Å². The van der Waals surface area contributed by atoms with Crippen LogP contribution >= 0.6 is 11.8 Å². The zero-order valence-electron chi connectivity index (χ0n) is 17.9. The third-order valence-corrected chi connectivity index (χ3v) is 6.13. The first kappa shape index (κ1) is 23.5. The van der Waals surface area contributed by atoms with E-state index in [0.29, 0.717) is 30.3 Å². The minimum Gasteiger partial charge on any atom is -0.490 e. The number of rotatable bonds is 9. The summed E-state index contributed by atoms with van der Waals surface area (Å²) in [5.41, 5.74) is 0.415. The zero-order valence-corrected chi connectivity index (χ0v) is 18.7. The molecule has 0 radical (unpaired) electrons. The van der Waals surface area contributed by atoms with E-state index in [1.807, 2.05) is 13.8 Å². The molecule has 1 saturated heterocycles. The summed E-state index contributed by atoms with van der Waals surface area (Å²) < 4.78 is 15.9. The number of ether oxygens (including phenoxy) is 3. The van der Waals surface area contributed by atoms with Crippen molar-refractivity contribution >= 4 is 35.5 Å². The Bertz CT molecular complexity index is 977. The van der Waals surface area contributed by atoms with Gasteiger partial charge in [-0.15, -0.1) is 11.8 Å². The van der Waals surface area contributed by atoms with Crippen molar-refractivity contribution in [1.82, 2.24) is 10.2 Å². The van der Waals surface area contributed by atoms with Crippen LogP contribution in [0.5, 0.6) is 11.5 Å². The van der Waals surface area contributed by atoms with Crippen LogP contribution in [0.15, 0.2) is 29.5 Å². The third kappa shape index (κ3) is 4.67. The smallest absolute Gasteiger partial charge is 0.352 e. The molecule has 0 unspecified atom stereocenters. The molecule has 1 aromatic carbocycles. The molecule has 2 heterocycles. The summed E-state index contributed by atoms with van der Waals surface area (Å²) >= 11 is 1.30. The molecule has 1 aromatic rings. The number of thioether (sulfide) groups is 1. The van der Waals surface area contributed by atoms with Gasteiger partial charge in [-0.1, -0.05) is 0 Å². The van der Waals surface area contributed by atoms with Gasteiger partial charge >= 0.3 is 11.9 Å². The highest BCUT2D eigenvalue weighted by Crippen LogP contribution is 2.40. The Hall–Kier alpha value is -3.21. The fraction of sp³-hybridized carbons (Fsp3) is 0.429. The Morgan fingerprint density at radius 1 is 1.19 bits per heavy atom. The van der Waals surface area contributed by atoms with Gasteiger partial charge in [0.25, 0.3) is 11.8 Å². The molecule has 3 rings (SSSR count). The van der Waals surface area contributed by atoms with Gasteiger partial charge in [0.2, 0.25) is 0 Å². The molecule has 10 nitrogen and oxygen atoms in total. The molecule has 0 saturated carbocycles. The first-order valence-electron chi connectivity index (χ1n) is 10.0. The Morgan fingerprint density at radius 2 is 1.88 bits per heavy atom. The number of hydrogen-bond donors (Lipinski definition) is 2. The number of nitrogens with one attached hydrogen (secondary N) is 1. The standard InChI is InChI=1S/C21H24N2O8S/c1-4-29-14-7-6-12(8-15(14)30-5-2)18(25)22-16-19(26)23-17(21(27)28)13(9-31-11(3)24)10-32-20(16)23/h6-8,16,20H,4-5,9-10H2,1-3H3,(H,22,25)(H,27,28)/t16-,20-/m0/s1. The van der Waals surface area contributed by atoms with Crippen molar-refractivity contribution in [2.75, 3.05) is 25.6 Å². The maximum absolute atomic E-state index is 12.8. The summed E-state index contributed by atoms with van der Waals surface area (Å²) in [5.74, 6) is -1.67. The summed E-state index contributed by atoms with van der Waals surface area (Å²) in [6, 6.07) is 3.86. The molecule has 0 spiro atoms. The van der Waals surface area contributed by atoms with Gasteiger partial charge in [-0.25, -0.2) is 4.79 Å². The van der Waals surface area contributed by atoms with Crippen LogP contribution in [0.25, 0.3) is 0 Å². The van der Waals surface area contributed by atoms with Crippen molar-refractivity contribution in [2.24, 2.45) is 0 Å². The first-order valence-corrected chi connectivity index (χ1v) is 11.1. The molecular formula is C21H24N2O8S. The molecule has 172 valence electrons. The molecule has 1 fully saturated rings. The van der Waals surface area contributed by atoms with E-state index in [1.54, 1.807) is 18.2 Å². The molecule has 0 aromatic heterocycles. The lowest BCUT2D eigenvalue weighted by molar-refractivity contribution is -0.149. The van der Waals surface area contributed by atoms with Gasteiger partial charge in [-0.05, 0) is 32.0 Å². The molecule has 0 aliphatic carbocycles. The maximum atomic E-state index is 12.8. The number of nitrogens with zero attached hydrogens (tertiary/aromatic N) is 1. The number of fused-ring (bicyclic) bond motifs is 1. The second kappa shape index (κ2) is 9.94. The van der Waals surface area contributed by atoms with Gasteiger partial charge in [-0.3, -0.25) is 19.3 Å². The summed E-state index contributed by atoms with van der Waals surface area (Å²) in [6.07, 6.45) is 0. The Labute approximate surface area is 188 Å². The molecule has 2 atom stereocenters. The van der Waals surface area contributed by atoms with Crippen LogP contribution in [0.4, 0.5) is 0 Å². The SMILES string of the molecule is CCOc1ccc(C(=O)N[C@H]2C(=O)N3C(C(=O)O)=C(COC(C)=O)CS[C@@H]23)cc1OCC. The molecule has 2 amide bonds. The lowest BCUT2D eigenvalue weighted by Gasteiger charge is -2.49. The summed E-state index contributed by atoms with van der Waals surface area (Å²) in [7, 11) is 0. The van der Waals surface area contributed by atoms with E-state index in [4.69, 9.17) is 14.2 Å². The third-order valence-electron chi connectivity index (χ3n) is 4.79. The second-order valence-electron chi connectivity index (χ2n) is 6.93. The highest BCUT2D eigenvalue weighted by Gasteiger charge is 2.54. The molecule has 2 aliphatic rings. The van der Waals surface area contributed by atoms with Crippen LogP contribution < -0.4 is 14.8 Å². The van der Waals surface area contributed by atoms with Crippen LogP contribution in [0.1, 0.15) is 31.1 Å². The Kier molecular flexibility index (Phi) is 7.29. The summed E-state index contributed by atoms with van der Waals surface area (Å²) in [6.45, 7) is 5.49. The number of esters is 1. The molecule has 2 N–H and O–H groups in total. The fourth-order valence-corrected chi connectivity index (χ4v) is 4.73. The van der Waals surface area contributed by atoms with E-state index in [-0.39, 0.29) is 23.6 Å². The summed E-state index contributed by atoms with van der Waals surface area (Å²) in [5, 5.41) is 11.7. The zero-order chi connectivity index (χ0) is 23.4. The normalized spacial score (nSPS) is 19.6. The minimum absolute atomic E-state index is 0.204. The number of β-lactam (4-membered cyclic amide) rings is 1. The van der Waals surface area contributed by atoms with E-state index < -0.39 is 35.2 Å². The number of benzene rings is 1. The number of amides is 2. The lowest BCUT2D eigenvalue weighted by Crippen LogP contribution is -2.70. The minimum atomic E-state index is -1.29. The van der Waals surface area contributed by atoms with Gasteiger partial charge in [0.1, 0.15) is 23.7 Å². The van der Waals surface area contributed by atoms with E-state index in [0.717, 1.165) is 4.90 Å². The number of carboxylic acid groups (broad SMARTS) is 1. The van der Waals surface area contributed by atoms with Crippen LogP contribution in [0.3, 0.4) is 0 Å². The number of carboxylic acids is 1. The van der Waals surface area contributed by atoms with Crippen LogP contribution in [-0.2, 0) is 19.1 Å². The maximum Gasteiger partial charge on any atom is 0.352 e. The van der Waals surface area contributed by atoms with Crippen molar-refractivity contribution in [2.45, 2.75) is 32.2 Å². The molecule has 11 heteroatoms. The Balaban J connectivity index is 1.75. The molecule has 0 bridgehead atoms. The predicted octanol–water partition coefficient (Wildman–Crippen LogP) is 1.40. The average Bonchev–Trinajstić information content (AvgIpc) is 2.76. The van der Waals surface area contributed by atoms with Gasteiger partial charge in [0, 0.05) is 23.8 Å². The number of aliphatic carboxylic acids is 1. The average molecular weight is 464 g/mol. The van der Waals surface area contributed by atoms with Crippen LogP contribution in [-0.4, -0.2) is 70.7 Å². The number of hydrogen-bond acceptors (Lipinski definition) is 8. The van der Waals surface area contributed by atoms with Crippen molar-refractivity contribution in [3.8, 4) is 11.5 Å². The van der Waals surface area contributed by atoms with E-state index in [2.05, 4.69) is 5.32 Å². The first-order chi connectivity index (χ1) is 15.3. The molecular weight excluding hydrogens is 440 g/mol. The second-order valence-corrected chi connectivity index (χ2v) is 8.03. The fourth-order valence-electron chi connectivity index (χ4n) is 3.40. The van der Waals surface area contributed by atoms with Gasteiger partial charge < -0.3 is 24.6 Å². The van der Waals surface area contributed by atoms with Crippen LogP contribution in [0, 0.1) is 0 Å². The van der Waals surface area contributed by atoms with Crippen molar-refractivity contribution in [3.63, 3.8) is 0 Å². The van der Waals surface area contributed by atoms with Crippen molar-refractivity contribution < 1.29 is 38.5 Å². The largest absolute Gasteiger partial charge is 0.490 e. The van der Waals surface area contributed by atoms with E-state index in [9.17, 15) is 24.3 Å². The number of carbonyl (C=O) groups excluding carboxylic acids is 3. The Morgan fingerprint density at radius 3 is 2.50 bits per heavy atom. The highest BCUT2D eigenvalue weighted by molar-refractivity contribution is 8.00. The quantitative estimate of drug-likeness (QED) is 0.411.